The van der Waals surface area contributed by atoms with E-state index in [1.54, 1.807) is 35.2 Å². The van der Waals surface area contributed by atoms with Crippen molar-refractivity contribution in [2.24, 2.45) is 0 Å². The summed E-state index contributed by atoms with van der Waals surface area (Å²) in [7, 11) is 0. The van der Waals surface area contributed by atoms with Gasteiger partial charge in [-0.15, -0.1) is 0 Å². The molecule has 0 aliphatic carbocycles. The van der Waals surface area contributed by atoms with Crippen LogP contribution in [0.4, 0.5) is 11.4 Å². The second-order valence-corrected chi connectivity index (χ2v) is 9.33. The van der Waals surface area contributed by atoms with Gasteiger partial charge in [0.2, 0.25) is 0 Å². The molecule has 0 aromatic heterocycles. The van der Waals surface area contributed by atoms with Gasteiger partial charge in [0, 0.05) is 12.1 Å². The van der Waals surface area contributed by atoms with E-state index >= 15 is 0 Å². The first-order chi connectivity index (χ1) is 16.9. The number of nitro groups is 1. The number of carbonyl (C=O) groups excluding carboxylic acids is 1. The number of carbonyl (C=O) groups is 1. The van der Waals surface area contributed by atoms with Crippen molar-refractivity contribution in [1.29, 1.82) is 0 Å². The molecule has 7 nitrogen and oxygen atoms in total. The van der Waals surface area contributed by atoms with E-state index in [0.29, 0.717) is 32.9 Å². The summed E-state index contributed by atoms with van der Waals surface area (Å²) in [4.78, 5) is 25.8. The quantitative estimate of drug-likeness (QED) is 0.154. The minimum Gasteiger partial charge on any atom is -0.490 e. The molecule has 3 aromatic rings. The lowest BCUT2D eigenvalue weighted by atomic mass is 10.1. The van der Waals surface area contributed by atoms with Gasteiger partial charge in [0.1, 0.15) is 6.61 Å². The summed E-state index contributed by atoms with van der Waals surface area (Å²) >= 11 is 6.74. The van der Waals surface area contributed by atoms with Gasteiger partial charge in [0.05, 0.1) is 22.1 Å². The molecule has 0 saturated carbocycles. The van der Waals surface area contributed by atoms with Gasteiger partial charge in [-0.1, -0.05) is 60.4 Å². The number of thioether (sulfide) groups is 1. The van der Waals surface area contributed by atoms with Crippen LogP contribution in [0.3, 0.4) is 0 Å². The number of rotatable bonds is 8. The van der Waals surface area contributed by atoms with E-state index in [2.05, 4.69) is 0 Å². The van der Waals surface area contributed by atoms with Crippen molar-refractivity contribution in [2.75, 3.05) is 11.5 Å². The van der Waals surface area contributed by atoms with Crippen LogP contribution < -0.4 is 14.4 Å². The van der Waals surface area contributed by atoms with Crippen LogP contribution in [0.5, 0.6) is 11.5 Å². The fourth-order valence-corrected chi connectivity index (χ4v) is 4.85. The third-order valence-corrected chi connectivity index (χ3v) is 6.53. The SMILES string of the molecule is CCOc1cc(/C=C2/SC(=S)N(c3ccccc3C)C2=O)ccc1OCc1cccc([N+](=O)[O-])c1. The summed E-state index contributed by atoms with van der Waals surface area (Å²) in [5.74, 6) is 0.849. The largest absolute Gasteiger partial charge is 0.490 e. The molecule has 9 heteroatoms. The van der Waals surface area contributed by atoms with Crippen LogP contribution in [0.2, 0.25) is 0 Å². The lowest BCUT2D eigenvalue weighted by molar-refractivity contribution is -0.384. The van der Waals surface area contributed by atoms with Crippen molar-refractivity contribution in [3.63, 3.8) is 0 Å². The molecule has 0 radical (unpaired) electrons. The van der Waals surface area contributed by atoms with Gasteiger partial charge in [0.15, 0.2) is 15.8 Å². The average Bonchev–Trinajstić information content (AvgIpc) is 3.11. The van der Waals surface area contributed by atoms with Gasteiger partial charge in [0.25, 0.3) is 11.6 Å². The zero-order valence-electron chi connectivity index (χ0n) is 19.1. The van der Waals surface area contributed by atoms with E-state index in [9.17, 15) is 14.9 Å². The van der Waals surface area contributed by atoms with Crippen LogP contribution in [0.15, 0.2) is 71.6 Å². The Kier molecular flexibility index (Phi) is 7.48. The third-order valence-electron chi connectivity index (χ3n) is 5.23. The highest BCUT2D eigenvalue weighted by Crippen LogP contribution is 2.38. The summed E-state index contributed by atoms with van der Waals surface area (Å²) < 4.78 is 12.1. The van der Waals surface area contributed by atoms with E-state index in [1.807, 2.05) is 44.2 Å². The molecule has 0 atom stereocenters. The Balaban J connectivity index is 1.55. The number of nitro benzene ring substituents is 1. The summed E-state index contributed by atoms with van der Waals surface area (Å²) in [5, 5.41) is 11.0. The van der Waals surface area contributed by atoms with E-state index in [-0.39, 0.29) is 18.2 Å². The number of benzene rings is 3. The molecule has 0 unspecified atom stereocenters. The number of aryl methyl sites for hydroxylation is 1. The zero-order chi connectivity index (χ0) is 24.9. The number of anilines is 1. The van der Waals surface area contributed by atoms with Gasteiger partial charge >= 0.3 is 0 Å². The highest BCUT2D eigenvalue weighted by molar-refractivity contribution is 8.27. The Morgan fingerprint density at radius 2 is 1.86 bits per heavy atom. The first-order valence-electron chi connectivity index (χ1n) is 10.8. The summed E-state index contributed by atoms with van der Waals surface area (Å²) in [5.41, 5.74) is 3.19. The third kappa shape index (κ3) is 5.52. The smallest absolute Gasteiger partial charge is 0.270 e. The number of hydrogen-bond donors (Lipinski definition) is 0. The van der Waals surface area contributed by atoms with Crippen molar-refractivity contribution in [2.45, 2.75) is 20.5 Å². The lowest BCUT2D eigenvalue weighted by Gasteiger charge is -2.16. The van der Waals surface area contributed by atoms with Gasteiger partial charge < -0.3 is 9.47 Å². The Bertz CT molecular complexity index is 1340. The van der Waals surface area contributed by atoms with Crippen molar-refractivity contribution >= 4 is 51.7 Å². The lowest BCUT2D eigenvalue weighted by Crippen LogP contribution is -2.28. The number of nitrogens with zero attached hydrogens (tertiary/aromatic N) is 2. The first kappa shape index (κ1) is 24.4. The number of thiocarbonyl (C=S) groups is 1. The maximum Gasteiger partial charge on any atom is 0.270 e. The predicted molar refractivity (Wildman–Crippen MR) is 142 cm³/mol. The van der Waals surface area contributed by atoms with Crippen LogP contribution in [0, 0.1) is 17.0 Å². The number of amides is 1. The molecular formula is C26H22N2O5S2. The van der Waals surface area contributed by atoms with Gasteiger partial charge in [-0.2, -0.15) is 0 Å². The zero-order valence-corrected chi connectivity index (χ0v) is 20.7. The van der Waals surface area contributed by atoms with Gasteiger partial charge in [-0.05, 0) is 54.8 Å². The monoisotopic (exact) mass is 506 g/mol. The normalized spacial score (nSPS) is 14.5. The van der Waals surface area contributed by atoms with Crippen molar-refractivity contribution in [3.8, 4) is 11.5 Å². The second kappa shape index (κ2) is 10.7. The highest BCUT2D eigenvalue weighted by atomic mass is 32.2. The molecule has 0 spiro atoms. The Hall–Kier alpha value is -3.69. The van der Waals surface area contributed by atoms with Crippen molar-refractivity contribution in [1.82, 2.24) is 0 Å². The van der Waals surface area contributed by atoms with Crippen LogP contribution >= 0.6 is 24.0 Å². The van der Waals surface area contributed by atoms with Gasteiger partial charge in [-0.3, -0.25) is 19.8 Å². The molecule has 178 valence electrons. The molecule has 1 heterocycles. The molecular weight excluding hydrogens is 484 g/mol. The van der Waals surface area contributed by atoms with E-state index in [1.165, 1.54) is 23.9 Å². The topological polar surface area (TPSA) is 81.9 Å². The van der Waals surface area contributed by atoms with Crippen LogP contribution in [0.1, 0.15) is 23.6 Å². The number of para-hydroxylation sites is 1. The number of non-ortho nitro benzene ring substituents is 1. The van der Waals surface area contributed by atoms with E-state index in [0.717, 1.165) is 16.8 Å². The van der Waals surface area contributed by atoms with E-state index < -0.39 is 4.92 Å². The molecule has 1 aliphatic heterocycles. The Morgan fingerprint density at radius 3 is 2.60 bits per heavy atom. The molecule has 35 heavy (non-hydrogen) atoms. The molecule has 0 bridgehead atoms. The average molecular weight is 507 g/mol. The fraction of sp³-hybridized carbons (Fsp3) is 0.154. The standard InChI is InChI=1S/C26H22N2O5S2/c1-3-32-23-14-18(11-12-22(23)33-16-19-8-6-9-20(13-19)28(30)31)15-24-25(29)27(26(34)35-24)21-10-5-4-7-17(21)2/h4-15H,3,16H2,1-2H3/b24-15+. The summed E-state index contributed by atoms with van der Waals surface area (Å²) in [6.07, 6.45) is 1.78. The molecule has 1 saturated heterocycles. The maximum atomic E-state index is 13.1. The van der Waals surface area contributed by atoms with Crippen molar-refractivity contribution in [3.05, 3.63) is 98.4 Å². The second-order valence-electron chi connectivity index (χ2n) is 7.66. The first-order valence-corrected chi connectivity index (χ1v) is 12.1. The molecule has 1 aliphatic rings. The minimum absolute atomic E-state index is 0.00879. The van der Waals surface area contributed by atoms with Crippen LogP contribution in [-0.2, 0) is 11.4 Å². The summed E-state index contributed by atoms with van der Waals surface area (Å²) in [6.45, 7) is 4.38. The molecule has 3 aromatic carbocycles. The number of hydrogen-bond acceptors (Lipinski definition) is 7. The fourth-order valence-electron chi connectivity index (χ4n) is 3.56. The van der Waals surface area contributed by atoms with E-state index in [4.69, 9.17) is 21.7 Å². The maximum absolute atomic E-state index is 13.1. The molecule has 1 fully saturated rings. The highest BCUT2D eigenvalue weighted by Gasteiger charge is 2.34. The van der Waals surface area contributed by atoms with Gasteiger partial charge in [-0.25, -0.2) is 0 Å². The number of ether oxygens (including phenoxy) is 2. The molecule has 4 rings (SSSR count). The molecule has 0 N–H and O–H groups in total. The van der Waals surface area contributed by atoms with Crippen LogP contribution in [0.25, 0.3) is 6.08 Å². The predicted octanol–water partition coefficient (Wildman–Crippen LogP) is 6.29. The minimum atomic E-state index is -0.439. The Labute approximate surface area is 212 Å². The molecule has 1 amide bonds. The summed E-state index contributed by atoms with van der Waals surface area (Å²) in [6, 6.07) is 19.3. The van der Waals surface area contributed by atoms with Crippen molar-refractivity contribution < 1.29 is 19.2 Å². The Morgan fingerprint density at radius 1 is 1.06 bits per heavy atom. The van der Waals surface area contributed by atoms with Crippen LogP contribution in [-0.4, -0.2) is 21.8 Å².